The van der Waals surface area contributed by atoms with Crippen molar-refractivity contribution in [3.63, 3.8) is 0 Å². The van der Waals surface area contributed by atoms with Gasteiger partial charge in [0.2, 0.25) is 5.91 Å². The second-order valence-corrected chi connectivity index (χ2v) is 5.08. The Kier molecular flexibility index (Phi) is 4.82. The summed E-state index contributed by atoms with van der Waals surface area (Å²) >= 11 is 0. The molecule has 0 bridgehead atoms. The Morgan fingerprint density at radius 1 is 1.14 bits per heavy atom. The van der Waals surface area contributed by atoms with Gasteiger partial charge in [-0.05, 0) is 48.4 Å². The molecule has 2 aromatic rings. The monoisotopic (exact) mass is 283 g/mol. The van der Waals surface area contributed by atoms with Gasteiger partial charge in [0.25, 0.3) is 0 Å². The van der Waals surface area contributed by atoms with E-state index in [0.717, 1.165) is 36.4 Å². The minimum Gasteiger partial charge on any atom is -0.399 e. The Labute approximate surface area is 125 Å². The van der Waals surface area contributed by atoms with Crippen molar-refractivity contribution in [2.75, 3.05) is 17.2 Å². The van der Waals surface area contributed by atoms with Gasteiger partial charge in [-0.15, -0.1) is 0 Å². The van der Waals surface area contributed by atoms with Crippen molar-refractivity contribution < 1.29 is 4.79 Å². The zero-order chi connectivity index (χ0) is 15.2. The zero-order valence-corrected chi connectivity index (χ0v) is 12.3. The maximum Gasteiger partial charge on any atom is 0.248 e. The van der Waals surface area contributed by atoms with Gasteiger partial charge in [0.1, 0.15) is 0 Å². The molecule has 0 fully saturated rings. The van der Waals surface area contributed by atoms with Crippen molar-refractivity contribution in [3.8, 4) is 0 Å². The molecule has 0 saturated heterocycles. The molecule has 0 atom stereocenters. The molecule has 0 heterocycles. The quantitative estimate of drug-likeness (QED) is 0.801. The lowest BCUT2D eigenvalue weighted by molar-refractivity contribution is 0.1000. The smallest absolute Gasteiger partial charge is 0.248 e. The van der Waals surface area contributed by atoms with Crippen molar-refractivity contribution in [1.29, 1.82) is 0 Å². The van der Waals surface area contributed by atoms with Gasteiger partial charge in [-0.2, -0.15) is 0 Å². The molecule has 2 aromatic carbocycles. The minimum atomic E-state index is -0.397. The predicted octanol–water partition coefficient (Wildman–Crippen LogP) is 2.78. The lowest BCUT2D eigenvalue weighted by atomic mass is 10.1. The fourth-order valence-electron chi connectivity index (χ4n) is 2.30. The third-order valence-electron chi connectivity index (χ3n) is 3.34. The fraction of sp³-hybridized carbons (Fsp3) is 0.235. The van der Waals surface area contributed by atoms with Crippen LogP contribution >= 0.6 is 0 Å². The van der Waals surface area contributed by atoms with Crippen LogP contribution in [0.25, 0.3) is 0 Å². The van der Waals surface area contributed by atoms with Crippen LogP contribution in [0.4, 0.5) is 11.4 Å². The largest absolute Gasteiger partial charge is 0.399 e. The van der Waals surface area contributed by atoms with Crippen LogP contribution in [0.2, 0.25) is 0 Å². The van der Waals surface area contributed by atoms with E-state index in [9.17, 15) is 4.79 Å². The lowest BCUT2D eigenvalue weighted by Crippen LogP contribution is -2.23. The third-order valence-corrected chi connectivity index (χ3v) is 3.34. The number of carbonyl (C=O) groups is 1. The van der Waals surface area contributed by atoms with E-state index in [4.69, 9.17) is 11.5 Å². The highest BCUT2D eigenvalue weighted by molar-refractivity contribution is 5.92. The molecule has 110 valence electrons. The summed E-state index contributed by atoms with van der Waals surface area (Å²) in [6.07, 6.45) is 1.04. The van der Waals surface area contributed by atoms with E-state index in [0.29, 0.717) is 5.56 Å². The molecule has 4 nitrogen and oxygen atoms in total. The lowest BCUT2D eigenvalue weighted by Gasteiger charge is -2.24. The number of hydrogen-bond acceptors (Lipinski definition) is 3. The van der Waals surface area contributed by atoms with E-state index >= 15 is 0 Å². The van der Waals surface area contributed by atoms with Crippen molar-refractivity contribution in [2.45, 2.75) is 19.9 Å². The zero-order valence-electron chi connectivity index (χ0n) is 12.3. The summed E-state index contributed by atoms with van der Waals surface area (Å²) in [7, 11) is 0. The van der Waals surface area contributed by atoms with Crippen molar-refractivity contribution in [2.24, 2.45) is 5.73 Å². The van der Waals surface area contributed by atoms with Crippen molar-refractivity contribution in [1.82, 2.24) is 0 Å². The molecule has 4 N–H and O–H groups in total. The number of nitrogens with zero attached hydrogens (tertiary/aromatic N) is 1. The average molecular weight is 283 g/mol. The third kappa shape index (κ3) is 3.99. The topological polar surface area (TPSA) is 72.3 Å². The van der Waals surface area contributed by atoms with Crippen LogP contribution in [0.1, 0.15) is 29.3 Å². The van der Waals surface area contributed by atoms with Crippen LogP contribution in [-0.2, 0) is 6.54 Å². The number of rotatable bonds is 6. The number of hydrogen-bond donors (Lipinski definition) is 2. The Morgan fingerprint density at radius 3 is 2.48 bits per heavy atom. The highest BCUT2D eigenvalue weighted by Gasteiger charge is 2.08. The molecular formula is C17H21N3O. The van der Waals surface area contributed by atoms with Crippen LogP contribution in [0.3, 0.4) is 0 Å². The number of primary amides is 1. The molecule has 0 unspecified atom stereocenters. The van der Waals surface area contributed by atoms with Crippen LogP contribution in [0, 0.1) is 0 Å². The minimum absolute atomic E-state index is 0.397. The molecule has 0 aliphatic heterocycles. The number of nitrogen functional groups attached to an aromatic ring is 1. The van der Waals surface area contributed by atoms with E-state index < -0.39 is 5.91 Å². The van der Waals surface area contributed by atoms with Gasteiger partial charge in [0.05, 0.1) is 0 Å². The van der Waals surface area contributed by atoms with E-state index in [1.54, 1.807) is 6.07 Å². The van der Waals surface area contributed by atoms with Crippen LogP contribution in [0.15, 0.2) is 48.5 Å². The molecule has 0 radical (unpaired) electrons. The van der Waals surface area contributed by atoms with Crippen molar-refractivity contribution in [3.05, 3.63) is 59.7 Å². The summed E-state index contributed by atoms with van der Waals surface area (Å²) in [5.74, 6) is -0.397. The first-order valence-corrected chi connectivity index (χ1v) is 7.09. The summed E-state index contributed by atoms with van der Waals surface area (Å²) in [5, 5.41) is 0. The number of benzene rings is 2. The van der Waals surface area contributed by atoms with Crippen molar-refractivity contribution >= 4 is 17.3 Å². The first kappa shape index (κ1) is 14.9. The Morgan fingerprint density at radius 2 is 1.86 bits per heavy atom. The SMILES string of the molecule is CCCN(Cc1cccc(C(N)=O)c1)c1ccc(N)cc1. The van der Waals surface area contributed by atoms with Gasteiger partial charge < -0.3 is 16.4 Å². The van der Waals surface area contributed by atoms with Crippen LogP contribution in [0.5, 0.6) is 0 Å². The van der Waals surface area contributed by atoms with Gasteiger partial charge in [0, 0.05) is 30.0 Å². The maximum absolute atomic E-state index is 11.3. The summed E-state index contributed by atoms with van der Waals surface area (Å²) in [6.45, 7) is 3.81. The highest BCUT2D eigenvalue weighted by Crippen LogP contribution is 2.19. The molecule has 0 aliphatic carbocycles. The Hall–Kier alpha value is -2.49. The second kappa shape index (κ2) is 6.79. The van der Waals surface area contributed by atoms with E-state index in [2.05, 4.69) is 11.8 Å². The summed E-state index contributed by atoms with van der Waals surface area (Å²) in [4.78, 5) is 13.5. The number of amides is 1. The van der Waals surface area contributed by atoms with Gasteiger partial charge >= 0.3 is 0 Å². The summed E-state index contributed by atoms with van der Waals surface area (Å²) < 4.78 is 0. The van der Waals surface area contributed by atoms with E-state index in [1.807, 2.05) is 42.5 Å². The second-order valence-electron chi connectivity index (χ2n) is 5.08. The molecule has 1 amide bonds. The predicted molar refractivity (Wildman–Crippen MR) is 87.2 cm³/mol. The molecule has 0 aromatic heterocycles. The van der Waals surface area contributed by atoms with Gasteiger partial charge in [-0.1, -0.05) is 19.1 Å². The molecule has 0 spiro atoms. The van der Waals surface area contributed by atoms with E-state index in [-0.39, 0.29) is 0 Å². The number of carbonyl (C=O) groups excluding carboxylic acids is 1. The number of anilines is 2. The normalized spacial score (nSPS) is 10.3. The average Bonchev–Trinajstić information content (AvgIpc) is 2.48. The molecule has 0 saturated carbocycles. The molecular weight excluding hydrogens is 262 g/mol. The van der Waals surface area contributed by atoms with Crippen LogP contribution in [-0.4, -0.2) is 12.5 Å². The first-order valence-electron chi connectivity index (χ1n) is 7.09. The molecule has 4 heteroatoms. The molecule has 0 aliphatic rings. The van der Waals surface area contributed by atoms with Gasteiger partial charge in [0.15, 0.2) is 0 Å². The Balaban J connectivity index is 2.21. The number of nitrogens with two attached hydrogens (primary N) is 2. The standard InChI is InChI=1S/C17H21N3O/c1-2-10-20(16-8-6-15(18)7-9-16)12-13-4-3-5-14(11-13)17(19)21/h3-9,11H,2,10,12,18H2,1H3,(H2,19,21). The van der Waals surface area contributed by atoms with Gasteiger partial charge in [-0.25, -0.2) is 0 Å². The summed E-state index contributed by atoms with van der Waals surface area (Å²) in [5.41, 5.74) is 14.6. The first-order chi connectivity index (χ1) is 10.1. The fourth-order valence-corrected chi connectivity index (χ4v) is 2.30. The molecule has 2 rings (SSSR count). The summed E-state index contributed by atoms with van der Waals surface area (Å²) in [6, 6.07) is 15.3. The highest BCUT2D eigenvalue weighted by atomic mass is 16.1. The van der Waals surface area contributed by atoms with E-state index in [1.165, 1.54) is 0 Å². The molecule has 21 heavy (non-hydrogen) atoms. The Bertz CT molecular complexity index is 608. The maximum atomic E-state index is 11.3. The van der Waals surface area contributed by atoms with Crippen LogP contribution < -0.4 is 16.4 Å². The van der Waals surface area contributed by atoms with Gasteiger partial charge in [-0.3, -0.25) is 4.79 Å².